The summed E-state index contributed by atoms with van der Waals surface area (Å²) in [5.41, 5.74) is 0.893. The molecule has 0 aliphatic rings. The summed E-state index contributed by atoms with van der Waals surface area (Å²) < 4.78 is 2.38. The fourth-order valence-corrected chi connectivity index (χ4v) is 2.07. The summed E-state index contributed by atoms with van der Waals surface area (Å²) in [6.07, 6.45) is 1.83. The van der Waals surface area contributed by atoms with Crippen LogP contribution in [0.5, 0.6) is 0 Å². The first-order valence-corrected chi connectivity index (χ1v) is 6.01. The molecule has 0 amide bonds. The van der Waals surface area contributed by atoms with Gasteiger partial charge in [0.25, 0.3) is 5.69 Å². The third kappa shape index (κ3) is 3.07. The highest BCUT2D eigenvalue weighted by molar-refractivity contribution is 9.10. The van der Waals surface area contributed by atoms with Crippen molar-refractivity contribution in [2.24, 2.45) is 7.05 Å². The van der Waals surface area contributed by atoms with Crippen LogP contribution >= 0.6 is 15.9 Å². The van der Waals surface area contributed by atoms with E-state index in [1.54, 1.807) is 10.7 Å². The summed E-state index contributed by atoms with van der Waals surface area (Å²) in [7, 11) is 1.83. The van der Waals surface area contributed by atoms with Gasteiger partial charge in [-0.05, 0) is 11.6 Å². The number of non-ortho nitro benzene ring substituents is 1. The molecule has 0 fully saturated rings. The topological polar surface area (TPSA) is 73.0 Å². The SMILES string of the molecule is Cn1ccc(NCc2cc(Br)cc([N+](=O)[O-])c2)n1. The molecule has 0 aliphatic heterocycles. The van der Waals surface area contributed by atoms with Gasteiger partial charge in [0, 0.05) is 42.5 Å². The van der Waals surface area contributed by atoms with E-state index in [9.17, 15) is 10.1 Å². The molecule has 0 radical (unpaired) electrons. The van der Waals surface area contributed by atoms with Gasteiger partial charge in [-0.2, -0.15) is 5.10 Å². The third-order valence-electron chi connectivity index (χ3n) is 2.34. The lowest BCUT2D eigenvalue weighted by atomic mass is 10.2. The second-order valence-corrected chi connectivity index (χ2v) is 4.72. The molecule has 94 valence electrons. The molecule has 0 saturated carbocycles. The minimum Gasteiger partial charge on any atom is -0.365 e. The summed E-state index contributed by atoms with van der Waals surface area (Å²) in [5, 5.41) is 18.0. The average molecular weight is 311 g/mol. The molecule has 0 saturated heterocycles. The van der Waals surface area contributed by atoms with Crippen molar-refractivity contribution in [3.05, 3.63) is 50.6 Å². The maximum absolute atomic E-state index is 10.7. The van der Waals surface area contributed by atoms with Crippen LogP contribution < -0.4 is 5.32 Å². The summed E-state index contributed by atoms with van der Waals surface area (Å²) in [5.74, 6) is 0.736. The maximum atomic E-state index is 10.7. The van der Waals surface area contributed by atoms with Crippen molar-refractivity contribution in [1.29, 1.82) is 0 Å². The van der Waals surface area contributed by atoms with Crippen LogP contribution in [0, 0.1) is 10.1 Å². The van der Waals surface area contributed by atoms with Crippen molar-refractivity contribution in [3.8, 4) is 0 Å². The predicted octanol–water partition coefficient (Wildman–Crippen LogP) is 2.70. The quantitative estimate of drug-likeness (QED) is 0.696. The predicted molar refractivity (Wildman–Crippen MR) is 71.3 cm³/mol. The van der Waals surface area contributed by atoms with Crippen molar-refractivity contribution in [1.82, 2.24) is 9.78 Å². The Bertz CT molecular complexity index is 582. The minimum atomic E-state index is -0.408. The fraction of sp³-hybridized carbons (Fsp3) is 0.182. The number of aryl methyl sites for hydroxylation is 1. The van der Waals surface area contributed by atoms with E-state index >= 15 is 0 Å². The van der Waals surface area contributed by atoms with E-state index < -0.39 is 4.92 Å². The standard InChI is InChI=1S/C11H11BrN4O2/c1-15-3-2-11(14-15)13-7-8-4-9(12)6-10(5-8)16(17)18/h2-6H,7H2,1H3,(H,13,14). The van der Waals surface area contributed by atoms with Gasteiger partial charge in [0.05, 0.1) is 4.92 Å². The maximum Gasteiger partial charge on any atom is 0.270 e. The Morgan fingerprint density at radius 2 is 2.28 bits per heavy atom. The van der Waals surface area contributed by atoms with E-state index in [4.69, 9.17) is 0 Å². The Morgan fingerprint density at radius 3 is 2.89 bits per heavy atom. The van der Waals surface area contributed by atoms with Gasteiger partial charge >= 0.3 is 0 Å². The molecule has 0 spiro atoms. The van der Waals surface area contributed by atoms with Crippen LogP contribution in [0.3, 0.4) is 0 Å². The molecule has 7 heteroatoms. The number of anilines is 1. The first-order chi connectivity index (χ1) is 8.54. The van der Waals surface area contributed by atoms with Crippen LogP contribution in [-0.4, -0.2) is 14.7 Å². The molecular formula is C11H11BrN4O2. The Hall–Kier alpha value is -1.89. The minimum absolute atomic E-state index is 0.0715. The average Bonchev–Trinajstić information content (AvgIpc) is 2.72. The lowest BCUT2D eigenvalue weighted by molar-refractivity contribution is -0.385. The molecule has 1 N–H and O–H groups in total. The summed E-state index contributed by atoms with van der Waals surface area (Å²) in [6.45, 7) is 0.483. The van der Waals surface area contributed by atoms with E-state index in [1.807, 2.05) is 25.4 Å². The number of nitrogens with zero attached hydrogens (tertiary/aromatic N) is 3. The van der Waals surface area contributed by atoms with Gasteiger partial charge in [-0.1, -0.05) is 15.9 Å². The van der Waals surface area contributed by atoms with Crippen LogP contribution in [0.4, 0.5) is 11.5 Å². The zero-order chi connectivity index (χ0) is 13.1. The largest absolute Gasteiger partial charge is 0.365 e. The van der Waals surface area contributed by atoms with Gasteiger partial charge in [0.1, 0.15) is 5.82 Å². The zero-order valence-electron chi connectivity index (χ0n) is 9.63. The zero-order valence-corrected chi connectivity index (χ0v) is 11.2. The monoisotopic (exact) mass is 310 g/mol. The molecule has 6 nitrogen and oxygen atoms in total. The summed E-state index contributed by atoms with van der Waals surface area (Å²) >= 11 is 3.26. The molecule has 1 heterocycles. The van der Waals surface area contributed by atoms with Crippen molar-refractivity contribution < 1.29 is 4.92 Å². The molecule has 1 aromatic carbocycles. The van der Waals surface area contributed by atoms with Gasteiger partial charge in [0.2, 0.25) is 0 Å². The van der Waals surface area contributed by atoms with Crippen molar-refractivity contribution in [2.45, 2.75) is 6.54 Å². The van der Waals surface area contributed by atoms with Gasteiger partial charge in [-0.3, -0.25) is 14.8 Å². The van der Waals surface area contributed by atoms with E-state index in [-0.39, 0.29) is 5.69 Å². The van der Waals surface area contributed by atoms with Crippen LogP contribution in [-0.2, 0) is 13.6 Å². The second-order valence-electron chi connectivity index (χ2n) is 3.80. The molecule has 0 aliphatic carbocycles. The lowest BCUT2D eigenvalue weighted by Gasteiger charge is -2.04. The van der Waals surface area contributed by atoms with Crippen molar-refractivity contribution >= 4 is 27.4 Å². The number of hydrogen-bond acceptors (Lipinski definition) is 4. The van der Waals surface area contributed by atoms with Crippen LogP contribution in [0.2, 0.25) is 0 Å². The number of benzene rings is 1. The Morgan fingerprint density at radius 1 is 1.50 bits per heavy atom. The molecule has 0 unspecified atom stereocenters. The number of nitrogens with one attached hydrogen (secondary N) is 1. The molecule has 0 atom stereocenters. The van der Waals surface area contributed by atoms with Crippen LogP contribution in [0.15, 0.2) is 34.9 Å². The van der Waals surface area contributed by atoms with Gasteiger partial charge in [-0.25, -0.2) is 0 Å². The molecule has 1 aromatic heterocycles. The first kappa shape index (κ1) is 12.6. The van der Waals surface area contributed by atoms with Gasteiger partial charge in [-0.15, -0.1) is 0 Å². The van der Waals surface area contributed by atoms with E-state index in [0.29, 0.717) is 11.0 Å². The number of halogens is 1. The van der Waals surface area contributed by atoms with Crippen molar-refractivity contribution in [3.63, 3.8) is 0 Å². The summed E-state index contributed by atoms with van der Waals surface area (Å²) in [6, 6.07) is 6.69. The molecule has 0 bridgehead atoms. The summed E-state index contributed by atoms with van der Waals surface area (Å²) in [4.78, 5) is 10.3. The Balaban J connectivity index is 2.11. The second kappa shape index (κ2) is 5.18. The normalized spacial score (nSPS) is 10.3. The number of hydrogen-bond donors (Lipinski definition) is 1. The third-order valence-corrected chi connectivity index (χ3v) is 2.80. The lowest BCUT2D eigenvalue weighted by Crippen LogP contribution is -2.01. The first-order valence-electron chi connectivity index (χ1n) is 5.22. The van der Waals surface area contributed by atoms with E-state index in [1.165, 1.54) is 6.07 Å². The highest BCUT2D eigenvalue weighted by atomic mass is 79.9. The van der Waals surface area contributed by atoms with Crippen LogP contribution in [0.25, 0.3) is 0 Å². The Labute approximate surface area is 112 Å². The van der Waals surface area contributed by atoms with E-state index in [0.717, 1.165) is 11.4 Å². The number of nitro benzene ring substituents is 1. The molecule has 18 heavy (non-hydrogen) atoms. The molecular weight excluding hydrogens is 300 g/mol. The number of rotatable bonds is 4. The van der Waals surface area contributed by atoms with Gasteiger partial charge < -0.3 is 5.32 Å². The number of aromatic nitrogens is 2. The molecule has 2 rings (SSSR count). The molecule has 2 aromatic rings. The smallest absolute Gasteiger partial charge is 0.270 e. The van der Waals surface area contributed by atoms with Crippen molar-refractivity contribution in [2.75, 3.05) is 5.32 Å². The fourth-order valence-electron chi connectivity index (χ4n) is 1.54. The van der Waals surface area contributed by atoms with Crippen LogP contribution in [0.1, 0.15) is 5.56 Å². The highest BCUT2D eigenvalue weighted by Crippen LogP contribution is 2.21. The van der Waals surface area contributed by atoms with Gasteiger partial charge in [0.15, 0.2) is 0 Å². The number of nitro groups is 1. The van der Waals surface area contributed by atoms with E-state index in [2.05, 4.69) is 26.3 Å². The Kier molecular flexibility index (Phi) is 3.61. The highest BCUT2D eigenvalue weighted by Gasteiger charge is 2.08.